The Bertz CT molecular complexity index is 748. The van der Waals surface area contributed by atoms with E-state index in [0.717, 1.165) is 5.56 Å². The second kappa shape index (κ2) is 6.86. The molecule has 0 N–H and O–H groups in total. The molecule has 2 amide bonds. The predicted molar refractivity (Wildman–Crippen MR) is 88.0 cm³/mol. The number of carbonyl (C=O) groups excluding carboxylic acids is 2. The second-order valence-electron chi connectivity index (χ2n) is 6.01. The van der Waals surface area contributed by atoms with Gasteiger partial charge in [-0.2, -0.15) is 0 Å². The lowest BCUT2D eigenvalue weighted by atomic mass is 10.1. The van der Waals surface area contributed by atoms with E-state index in [0.29, 0.717) is 32.6 Å². The lowest BCUT2D eigenvalue weighted by molar-refractivity contribution is -0.131. The van der Waals surface area contributed by atoms with Crippen LogP contribution < -0.4 is 0 Å². The molecule has 1 aliphatic rings. The van der Waals surface area contributed by atoms with Gasteiger partial charge in [-0.15, -0.1) is 0 Å². The summed E-state index contributed by atoms with van der Waals surface area (Å²) < 4.78 is 15.6. The number of aryl methyl sites for hydroxylation is 1. The van der Waals surface area contributed by atoms with Crippen LogP contribution >= 0.6 is 0 Å². The summed E-state index contributed by atoms with van der Waals surface area (Å²) in [6, 6.07) is 7.91. The predicted octanol–water partition coefficient (Wildman–Crippen LogP) is 1.69. The average molecular weight is 329 g/mol. The quantitative estimate of drug-likeness (QED) is 0.860. The molecule has 1 aromatic heterocycles. The molecule has 0 radical (unpaired) electrons. The van der Waals surface area contributed by atoms with Gasteiger partial charge in [-0.1, -0.05) is 12.1 Å². The first-order chi connectivity index (χ1) is 11.5. The highest BCUT2D eigenvalue weighted by Crippen LogP contribution is 2.13. The van der Waals surface area contributed by atoms with Crippen molar-refractivity contribution < 1.29 is 14.0 Å². The molecule has 1 aromatic carbocycles. The van der Waals surface area contributed by atoms with E-state index < -0.39 is 5.82 Å². The van der Waals surface area contributed by atoms with Crippen molar-refractivity contribution in [1.82, 2.24) is 14.4 Å². The Morgan fingerprint density at radius 2 is 1.71 bits per heavy atom. The maximum Gasteiger partial charge on any atom is 0.256 e. The lowest BCUT2D eigenvalue weighted by Gasteiger charge is -2.35. The molecule has 0 aliphatic carbocycles. The maximum atomic E-state index is 13.7. The zero-order chi connectivity index (χ0) is 17.1. The fraction of sp³-hybridized carbons (Fsp3) is 0.333. The van der Waals surface area contributed by atoms with Gasteiger partial charge in [0, 0.05) is 45.6 Å². The number of rotatable bonds is 3. The molecule has 1 aliphatic heterocycles. The van der Waals surface area contributed by atoms with Crippen LogP contribution in [0.4, 0.5) is 4.39 Å². The largest absolute Gasteiger partial charge is 0.357 e. The van der Waals surface area contributed by atoms with Gasteiger partial charge in [0.15, 0.2) is 0 Å². The van der Waals surface area contributed by atoms with E-state index >= 15 is 0 Å². The molecule has 0 bridgehead atoms. The Morgan fingerprint density at radius 3 is 2.33 bits per heavy atom. The fourth-order valence-corrected chi connectivity index (χ4v) is 2.92. The van der Waals surface area contributed by atoms with Crippen LogP contribution in [0.15, 0.2) is 42.7 Å². The molecule has 126 valence electrons. The number of amides is 2. The molecular formula is C18H20FN3O2. The van der Waals surface area contributed by atoms with Crippen LogP contribution in [0.2, 0.25) is 0 Å². The summed E-state index contributed by atoms with van der Waals surface area (Å²) in [5.41, 5.74) is 1.06. The molecule has 0 spiro atoms. The Labute approximate surface area is 140 Å². The van der Waals surface area contributed by atoms with Gasteiger partial charge < -0.3 is 14.4 Å². The first-order valence-electron chi connectivity index (χ1n) is 7.97. The highest BCUT2D eigenvalue weighted by Gasteiger charge is 2.26. The minimum Gasteiger partial charge on any atom is -0.357 e. The molecule has 0 saturated carbocycles. The van der Waals surface area contributed by atoms with Crippen molar-refractivity contribution in [3.8, 4) is 0 Å². The van der Waals surface area contributed by atoms with Crippen molar-refractivity contribution in [2.75, 3.05) is 26.2 Å². The number of nitrogens with zero attached hydrogens (tertiary/aromatic N) is 3. The van der Waals surface area contributed by atoms with Crippen LogP contribution in [0.5, 0.6) is 0 Å². The molecular weight excluding hydrogens is 309 g/mol. The number of piperazine rings is 1. The minimum absolute atomic E-state index is 0.0548. The van der Waals surface area contributed by atoms with E-state index in [1.807, 2.05) is 30.1 Å². The number of hydrogen-bond donors (Lipinski definition) is 0. The van der Waals surface area contributed by atoms with Crippen molar-refractivity contribution in [3.63, 3.8) is 0 Å². The monoisotopic (exact) mass is 329 g/mol. The number of carbonyl (C=O) groups is 2. The molecule has 24 heavy (non-hydrogen) atoms. The van der Waals surface area contributed by atoms with Crippen molar-refractivity contribution in [3.05, 3.63) is 59.7 Å². The molecule has 1 saturated heterocycles. The summed E-state index contributed by atoms with van der Waals surface area (Å²) in [6.45, 7) is 1.80. The smallest absolute Gasteiger partial charge is 0.256 e. The van der Waals surface area contributed by atoms with Gasteiger partial charge in [0.25, 0.3) is 5.91 Å². The van der Waals surface area contributed by atoms with Gasteiger partial charge in [-0.05, 0) is 23.8 Å². The zero-order valence-corrected chi connectivity index (χ0v) is 13.6. The van der Waals surface area contributed by atoms with E-state index in [1.165, 1.54) is 12.1 Å². The van der Waals surface area contributed by atoms with Crippen LogP contribution in [0.3, 0.4) is 0 Å². The fourth-order valence-electron chi connectivity index (χ4n) is 2.92. The van der Waals surface area contributed by atoms with E-state index in [-0.39, 0.29) is 17.4 Å². The molecule has 5 nitrogen and oxygen atoms in total. The Balaban J connectivity index is 1.56. The first-order valence-corrected chi connectivity index (χ1v) is 7.97. The topological polar surface area (TPSA) is 45.6 Å². The van der Waals surface area contributed by atoms with E-state index in [2.05, 4.69) is 0 Å². The van der Waals surface area contributed by atoms with Crippen LogP contribution in [0, 0.1) is 5.82 Å². The Kier molecular flexibility index (Phi) is 4.64. The summed E-state index contributed by atoms with van der Waals surface area (Å²) in [5.74, 6) is -0.771. The zero-order valence-electron chi connectivity index (χ0n) is 13.6. The van der Waals surface area contributed by atoms with E-state index in [4.69, 9.17) is 0 Å². The van der Waals surface area contributed by atoms with Gasteiger partial charge in [0.2, 0.25) is 5.91 Å². The molecule has 0 atom stereocenters. The lowest BCUT2D eigenvalue weighted by Crippen LogP contribution is -2.51. The van der Waals surface area contributed by atoms with Crippen LogP contribution in [0.25, 0.3) is 0 Å². The normalized spacial score (nSPS) is 14.8. The third-order valence-corrected chi connectivity index (χ3v) is 4.27. The summed E-state index contributed by atoms with van der Waals surface area (Å²) in [7, 11) is 1.92. The minimum atomic E-state index is -0.509. The van der Waals surface area contributed by atoms with Crippen molar-refractivity contribution in [1.29, 1.82) is 0 Å². The third kappa shape index (κ3) is 3.48. The Hall–Kier alpha value is -2.63. The molecule has 3 rings (SSSR count). The third-order valence-electron chi connectivity index (χ3n) is 4.27. The van der Waals surface area contributed by atoms with Crippen molar-refractivity contribution in [2.45, 2.75) is 6.42 Å². The van der Waals surface area contributed by atoms with Gasteiger partial charge in [0.1, 0.15) is 5.82 Å². The molecule has 0 unspecified atom stereocenters. The summed E-state index contributed by atoms with van der Waals surface area (Å²) in [6.07, 6.45) is 4.20. The SMILES string of the molecule is Cn1ccc(CC(=O)N2CCN(C(=O)c3ccccc3F)CC2)c1. The van der Waals surface area contributed by atoms with Gasteiger partial charge in [0.05, 0.1) is 12.0 Å². The molecule has 2 heterocycles. The summed E-state index contributed by atoms with van der Waals surface area (Å²) in [4.78, 5) is 28.1. The van der Waals surface area contributed by atoms with Gasteiger partial charge in [-0.3, -0.25) is 9.59 Å². The molecule has 2 aromatic rings. The number of aromatic nitrogens is 1. The van der Waals surface area contributed by atoms with E-state index in [1.54, 1.807) is 21.9 Å². The highest BCUT2D eigenvalue weighted by molar-refractivity contribution is 5.94. The summed E-state index contributed by atoms with van der Waals surface area (Å²) in [5, 5.41) is 0. The number of hydrogen-bond acceptors (Lipinski definition) is 2. The highest BCUT2D eigenvalue weighted by atomic mass is 19.1. The van der Waals surface area contributed by atoms with Crippen LogP contribution in [-0.4, -0.2) is 52.4 Å². The maximum absolute atomic E-state index is 13.7. The van der Waals surface area contributed by atoms with Crippen molar-refractivity contribution in [2.24, 2.45) is 7.05 Å². The molecule has 1 fully saturated rings. The standard InChI is InChI=1S/C18H20FN3O2/c1-20-7-6-14(13-20)12-17(23)21-8-10-22(11-9-21)18(24)15-4-2-3-5-16(15)19/h2-7,13H,8-12H2,1H3. The van der Waals surface area contributed by atoms with Crippen LogP contribution in [0.1, 0.15) is 15.9 Å². The summed E-state index contributed by atoms with van der Waals surface area (Å²) >= 11 is 0. The van der Waals surface area contributed by atoms with Crippen LogP contribution in [-0.2, 0) is 18.3 Å². The van der Waals surface area contributed by atoms with E-state index in [9.17, 15) is 14.0 Å². The first kappa shape index (κ1) is 16.2. The average Bonchev–Trinajstić information content (AvgIpc) is 2.99. The van der Waals surface area contributed by atoms with Gasteiger partial charge in [-0.25, -0.2) is 4.39 Å². The number of benzene rings is 1. The van der Waals surface area contributed by atoms with Crippen molar-refractivity contribution >= 4 is 11.8 Å². The number of halogens is 1. The van der Waals surface area contributed by atoms with Gasteiger partial charge >= 0.3 is 0 Å². The molecule has 6 heteroatoms. The second-order valence-corrected chi connectivity index (χ2v) is 6.01. The Morgan fingerprint density at radius 1 is 1.04 bits per heavy atom.